The van der Waals surface area contributed by atoms with Crippen LogP contribution in [0.4, 0.5) is 0 Å². The van der Waals surface area contributed by atoms with Crippen molar-refractivity contribution in [3.8, 4) is 0 Å². The lowest BCUT2D eigenvalue weighted by Crippen LogP contribution is -2.09. The molecule has 0 aromatic carbocycles. The smallest absolute Gasteiger partial charge is 0.0596 e. The maximum atomic E-state index is 9.30. The molecule has 4 heteroatoms. The molecule has 0 saturated heterocycles. The zero-order valence-electron chi connectivity index (χ0n) is 8.60. The van der Waals surface area contributed by atoms with Gasteiger partial charge in [-0.15, -0.1) is 6.58 Å². The third-order valence-corrected chi connectivity index (χ3v) is 2.05. The molecule has 0 aliphatic carbocycles. The van der Waals surface area contributed by atoms with Crippen LogP contribution in [0.2, 0.25) is 0 Å². The van der Waals surface area contributed by atoms with Crippen LogP contribution < -0.4 is 0 Å². The number of hydrogen-bond donors (Lipinski definition) is 1. The Hall–Kier alpha value is -0.990. The van der Waals surface area contributed by atoms with Crippen LogP contribution in [0.15, 0.2) is 17.8 Å². The predicted molar refractivity (Wildman–Crippen MR) is 57.9 cm³/mol. The molecule has 0 aliphatic rings. The van der Waals surface area contributed by atoms with Crippen molar-refractivity contribution in [2.45, 2.75) is 44.6 Å². The molecule has 4 nitrogen and oxygen atoms in total. The van der Waals surface area contributed by atoms with Crippen molar-refractivity contribution in [1.29, 1.82) is 0 Å². The summed E-state index contributed by atoms with van der Waals surface area (Å²) in [6.45, 7) is 3.85. The van der Waals surface area contributed by atoms with Crippen LogP contribution in [0.1, 0.15) is 38.5 Å². The van der Waals surface area contributed by atoms with Gasteiger partial charge in [0.1, 0.15) is 0 Å². The van der Waals surface area contributed by atoms with Crippen LogP contribution >= 0.6 is 0 Å². The second kappa shape index (κ2) is 10.1. The van der Waals surface area contributed by atoms with Crippen molar-refractivity contribution < 1.29 is 5.11 Å². The van der Waals surface area contributed by atoms with Crippen LogP contribution in [-0.2, 0) is 0 Å². The standard InChI is InChI=1S/C10H19N3O/c1-2-3-4-5-6-7-8-10(14)9-12-13-11/h2,10,14H,1,3-9H2. The summed E-state index contributed by atoms with van der Waals surface area (Å²) < 4.78 is 0. The van der Waals surface area contributed by atoms with Crippen LogP contribution in [-0.4, -0.2) is 17.8 Å². The van der Waals surface area contributed by atoms with Gasteiger partial charge in [-0.25, -0.2) is 0 Å². The molecule has 0 amide bonds. The Labute approximate surface area is 85.3 Å². The highest BCUT2D eigenvalue weighted by Gasteiger charge is 2.01. The zero-order valence-corrected chi connectivity index (χ0v) is 8.60. The SMILES string of the molecule is C=CCCCCCCC(O)CN=[N+]=[N-]. The lowest BCUT2D eigenvalue weighted by Gasteiger charge is -2.05. The van der Waals surface area contributed by atoms with E-state index >= 15 is 0 Å². The fourth-order valence-corrected chi connectivity index (χ4v) is 1.24. The van der Waals surface area contributed by atoms with Crippen LogP contribution in [0.5, 0.6) is 0 Å². The monoisotopic (exact) mass is 197 g/mol. The Morgan fingerprint density at radius 1 is 1.36 bits per heavy atom. The van der Waals surface area contributed by atoms with E-state index in [0.717, 1.165) is 25.7 Å². The summed E-state index contributed by atoms with van der Waals surface area (Å²) in [6.07, 6.45) is 7.74. The first-order valence-electron chi connectivity index (χ1n) is 5.11. The lowest BCUT2D eigenvalue weighted by molar-refractivity contribution is 0.169. The first-order valence-corrected chi connectivity index (χ1v) is 5.11. The van der Waals surface area contributed by atoms with E-state index in [4.69, 9.17) is 5.53 Å². The molecule has 14 heavy (non-hydrogen) atoms. The summed E-state index contributed by atoms with van der Waals surface area (Å²) in [5.41, 5.74) is 8.02. The molecule has 1 N–H and O–H groups in total. The zero-order chi connectivity index (χ0) is 10.6. The average Bonchev–Trinajstić information content (AvgIpc) is 2.20. The van der Waals surface area contributed by atoms with E-state index in [0.29, 0.717) is 0 Å². The first kappa shape index (κ1) is 13.0. The van der Waals surface area contributed by atoms with Crippen molar-refractivity contribution in [2.75, 3.05) is 6.54 Å². The van der Waals surface area contributed by atoms with Crippen LogP contribution in [0, 0.1) is 0 Å². The van der Waals surface area contributed by atoms with E-state index in [1.807, 2.05) is 6.08 Å². The van der Waals surface area contributed by atoms with Gasteiger partial charge in [0.25, 0.3) is 0 Å². The maximum absolute atomic E-state index is 9.30. The minimum absolute atomic E-state index is 0.198. The van der Waals surface area contributed by atoms with Gasteiger partial charge in [0.15, 0.2) is 0 Å². The van der Waals surface area contributed by atoms with Gasteiger partial charge in [-0.1, -0.05) is 30.5 Å². The Bertz CT molecular complexity index is 188. The number of nitrogens with zero attached hydrogens (tertiary/aromatic N) is 3. The van der Waals surface area contributed by atoms with Crippen LogP contribution in [0.25, 0.3) is 10.4 Å². The number of rotatable bonds is 9. The fourth-order valence-electron chi connectivity index (χ4n) is 1.24. The fraction of sp³-hybridized carbons (Fsp3) is 0.800. The molecule has 0 saturated carbocycles. The number of unbranched alkanes of at least 4 members (excludes halogenated alkanes) is 4. The highest BCUT2D eigenvalue weighted by Crippen LogP contribution is 2.07. The summed E-state index contributed by atoms with van der Waals surface area (Å²) in [7, 11) is 0. The lowest BCUT2D eigenvalue weighted by atomic mass is 10.1. The molecule has 0 aromatic heterocycles. The van der Waals surface area contributed by atoms with Crippen molar-refractivity contribution in [2.24, 2.45) is 5.11 Å². The maximum Gasteiger partial charge on any atom is 0.0596 e. The first-order chi connectivity index (χ1) is 6.81. The van der Waals surface area contributed by atoms with Crippen molar-refractivity contribution in [1.82, 2.24) is 0 Å². The molecule has 0 fully saturated rings. The van der Waals surface area contributed by atoms with Crippen molar-refractivity contribution in [3.63, 3.8) is 0 Å². The summed E-state index contributed by atoms with van der Waals surface area (Å²) in [4.78, 5) is 2.60. The Morgan fingerprint density at radius 2 is 2.07 bits per heavy atom. The minimum atomic E-state index is -0.467. The number of azide groups is 1. The van der Waals surface area contributed by atoms with Gasteiger partial charge in [-0.3, -0.25) is 0 Å². The van der Waals surface area contributed by atoms with Gasteiger partial charge in [-0.05, 0) is 24.8 Å². The molecule has 0 aliphatic heterocycles. The molecule has 0 bridgehead atoms. The highest BCUT2D eigenvalue weighted by molar-refractivity contribution is 4.65. The molecule has 80 valence electrons. The van der Waals surface area contributed by atoms with Gasteiger partial charge in [0.05, 0.1) is 12.6 Å². The number of aliphatic hydroxyl groups excluding tert-OH is 1. The van der Waals surface area contributed by atoms with E-state index < -0.39 is 6.10 Å². The Kier molecular flexibility index (Phi) is 9.38. The largest absolute Gasteiger partial charge is 0.393 e. The van der Waals surface area contributed by atoms with Gasteiger partial charge in [0.2, 0.25) is 0 Å². The predicted octanol–water partition coefficient (Wildman–Crippen LogP) is 3.18. The molecule has 0 aromatic rings. The van der Waals surface area contributed by atoms with Crippen molar-refractivity contribution in [3.05, 3.63) is 23.1 Å². The third-order valence-electron chi connectivity index (χ3n) is 2.05. The quantitative estimate of drug-likeness (QED) is 0.199. The highest BCUT2D eigenvalue weighted by atomic mass is 16.3. The molecular weight excluding hydrogens is 178 g/mol. The van der Waals surface area contributed by atoms with Gasteiger partial charge in [0, 0.05) is 4.91 Å². The molecule has 0 rings (SSSR count). The van der Waals surface area contributed by atoms with E-state index in [1.54, 1.807) is 0 Å². The molecule has 0 radical (unpaired) electrons. The summed E-state index contributed by atoms with van der Waals surface area (Å²) in [6, 6.07) is 0. The van der Waals surface area contributed by atoms with Crippen molar-refractivity contribution >= 4 is 0 Å². The van der Waals surface area contributed by atoms with Gasteiger partial charge >= 0.3 is 0 Å². The molecule has 1 unspecified atom stereocenters. The molecular formula is C10H19N3O. The number of hydrogen-bond acceptors (Lipinski definition) is 2. The third kappa shape index (κ3) is 9.10. The minimum Gasteiger partial charge on any atom is -0.393 e. The molecule has 0 heterocycles. The van der Waals surface area contributed by atoms with E-state index in [-0.39, 0.29) is 6.54 Å². The Morgan fingerprint density at radius 3 is 2.71 bits per heavy atom. The second-order valence-corrected chi connectivity index (χ2v) is 3.35. The van der Waals surface area contributed by atoms with Crippen LogP contribution in [0.3, 0.4) is 0 Å². The number of allylic oxidation sites excluding steroid dienone is 1. The molecule has 0 spiro atoms. The summed E-state index contributed by atoms with van der Waals surface area (Å²) >= 11 is 0. The Balaban J connectivity index is 3.18. The summed E-state index contributed by atoms with van der Waals surface area (Å²) in [5, 5.41) is 12.6. The van der Waals surface area contributed by atoms with E-state index in [1.165, 1.54) is 12.8 Å². The normalized spacial score (nSPS) is 11.8. The second-order valence-electron chi connectivity index (χ2n) is 3.35. The topological polar surface area (TPSA) is 69.0 Å². The van der Waals surface area contributed by atoms with E-state index in [9.17, 15) is 5.11 Å². The summed E-state index contributed by atoms with van der Waals surface area (Å²) in [5.74, 6) is 0. The van der Waals surface area contributed by atoms with Gasteiger partial charge in [-0.2, -0.15) is 0 Å². The average molecular weight is 197 g/mol. The van der Waals surface area contributed by atoms with E-state index in [2.05, 4.69) is 16.6 Å². The number of aliphatic hydroxyl groups is 1. The molecule has 1 atom stereocenters. The van der Waals surface area contributed by atoms with Gasteiger partial charge < -0.3 is 5.11 Å².